The summed E-state index contributed by atoms with van der Waals surface area (Å²) in [5, 5.41) is 1.70. The first-order chi connectivity index (χ1) is 7.70. The number of hydrogen-bond donors (Lipinski definition) is 1. The molecule has 1 aromatic carbocycles. The number of carbonyl (C=O) groups excluding carboxylic acids is 1. The molecule has 1 aliphatic rings. The maximum atomic E-state index is 11.2. The molecule has 1 saturated heterocycles. The van der Waals surface area contributed by atoms with Crippen molar-refractivity contribution in [3.05, 3.63) is 29.8 Å². The van der Waals surface area contributed by atoms with E-state index >= 15 is 0 Å². The second kappa shape index (κ2) is 4.40. The summed E-state index contributed by atoms with van der Waals surface area (Å²) < 4.78 is 10.5. The van der Waals surface area contributed by atoms with Crippen molar-refractivity contribution in [2.24, 2.45) is 0 Å². The van der Waals surface area contributed by atoms with Crippen molar-refractivity contribution in [1.29, 1.82) is 0 Å². The van der Waals surface area contributed by atoms with Crippen LogP contribution in [-0.2, 0) is 4.74 Å². The Labute approximate surface area is 93.9 Å². The minimum Gasteiger partial charge on any atom is -0.496 e. The van der Waals surface area contributed by atoms with Crippen LogP contribution >= 0.6 is 0 Å². The lowest BCUT2D eigenvalue weighted by molar-refractivity contribution is 0.0120. The summed E-state index contributed by atoms with van der Waals surface area (Å²) in [7, 11) is 3.40. The maximum Gasteiger partial charge on any atom is 0.422 e. The molecule has 1 amide bonds. The van der Waals surface area contributed by atoms with Crippen LogP contribution in [0.3, 0.4) is 0 Å². The monoisotopic (exact) mass is 222 g/mol. The fourth-order valence-corrected chi connectivity index (χ4v) is 1.74. The van der Waals surface area contributed by atoms with Gasteiger partial charge in [0.15, 0.2) is 0 Å². The van der Waals surface area contributed by atoms with Gasteiger partial charge in [-0.25, -0.2) is 9.80 Å². The van der Waals surface area contributed by atoms with E-state index in [4.69, 9.17) is 9.47 Å². The van der Waals surface area contributed by atoms with Crippen molar-refractivity contribution in [2.45, 2.75) is 6.10 Å². The number of cyclic esters (lactones) is 1. The van der Waals surface area contributed by atoms with Gasteiger partial charge >= 0.3 is 6.09 Å². The minimum atomic E-state index is -0.440. The van der Waals surface area contributed by atoms with Crippen molar-refractivity contribution in [3.63, 3.8) is 0 Å². The SMILES string of the molecule is COc1ccccc1C1CN(C)NC(=O)O1. The molecule has 0 saturated carbocycles. The Morgan fingerprint density at radius 3 is 2.94 bits per heavy atom. The van der Waals surface area contributed by atoms with Crippen molar-refractivity contribution in [1.82, 2.24) is 10.4 Å². The summed E-state index contributed by atoms with van der Waals surface area (Å²) in [6.45, 7) is 0.589. The van der Waals surface area contributed by atoms with E-state index < -0.39 is 6.09 Å². The Hall–Kier alpha value is -1.75. The number of para-hydroxylation sites is 1. The zero-order valence-corrected chi connectivity index (χ0v) is 9.27. The number of benzene rings is 1. The third-order valence-corrected chi connectivity index (χ3v) is 2.46. The van der Waals surface area contributed by atoms with E-state index in [-0.39, 0.29) is 6.10 Å². The average molecular weight is 222 g/mol. The zero-order valence-electron chi connectivity index (χ0n) is 9.27. The van der Waals surface area contributed by atoms with E-state index in [0.29, 0.717) is 6.54 Å². The van der Waals surface area contributed by atoms with Crippen molar-refractivity contribution >= 4 is 6.09 Å². The number of methoxy groups -OCH3 is 1. The highest BCUT2D eigenvalue weighted by molar-refractivity contribution is 5.67. The van der Waals surface area contributed by atoms with Crippen LogP contribution in [0.1, 0.15) is 11.7 Å². The van der Waals surface area contributed by atoms with Crippen molar-refractivity contribution in [3.8, 4) is 5.75 Å². The molecule has 86 valence electrons. The van der Waals surface area contributed by atoms with Gasteiger partial charge in [-0.15, -0.1) is 0 Å². The van der Waals surface area contributed by atoms with Gasteiger partial charge in [-0.3, -0.25) is 5.43 Å². The van der Waals surface area contributed by atoms with Crippen LogP contribution in [0.2, 0.25) is 0 Å². The molecule has 0 spiro atoms. The summed E-state index contributed by atoms with van der Waals surface area (Å²) in [5.41, 5.74) is 3.43. The molecule has 0 aliphatic carbocycles. The summed E-state index contributed by atoms with van der Waals surface area (Å²) in [4.78, 5) is 11.2. The van der Waals surface area contributed by atoms with E-state index in [2.05, 4.69) is 5.43 Å². The van der Waals surface area contributed by atoms with Gasteiger partial charge in [0.05, 0.1) is 13.7 Å². The average Bonchev–Trinajstić information content (AvgIpc) is 2.27. The number of ether oxygens (including phenoxy) is 2. The van der Waals surface area contributed by atoms with Gasteiger partial charge in [-0.2, -0.15) is 0 Å². The third kappa shape index (κ3) is 2.09. The lowest BCUT2D eigenvalue weighted by Crippen LogP contribution is -2.48. The first-order valence-electron chi connectivity index (χ1n) is 5.02. The molecule has 1 N–H and O–H groups in total. The zero-order chi connectivity index (χ0) is 11.5. The molecule has 5 heteroatoms. The summed E-state index contributed by atoms with van der Waals surface area (Å²) in [6.07, 6.45) is -0.737. The number of carbonyl (C=O) groups is 1. The van der Waals surface area contributed by atoms with Gasteiger partial charge in [0.1, 0.15) is 11.9 Å². The molecule has 1 unspecified atom stereocenters. The van der Waals surface area contributed by atoms with Crippen LogP contribution in [0, 0.1) is 0 Å². The van der Waals surface area contributed by atoms with Gasteiger partial charge in [-0.1, -0.05) is 18.2 Å². The van der Waals surface area contributed by atoms with Gasteiger partial charge in [0, 0.05) is 12.6 Å². The van der Waals surface area contributed by atoms with Crippen molar-refractivity contribution < 1.29 is 14.3 Å². The number of likely N-dealkylation sites (N-methyl/N-ethyl adjacent to an activating group) is 1. The number of hydrogen-bond acceptors (Lipinski definition) is 4. The Balaban J connectivity index is 2.25. The van der Waals surface area contributed by atoms with E-state index in [9.17, 15) is 4.79 Å². The van der Waals surface area contributed by atoms with E-state index in [1.54, 1.807) is 19.2 Å². The number of nitrogens with zero attached hydrogens (tertiary/aromatic N) is 1. The lowest BCUT2D eigenvalue weighted by atomic mass is 10.1. The number of amides is 1. The summed E-state index contributed by atoms with van der Waals surface area (Å²) in [5.74, 6) is 0.732. The van der Waals surface area contributed by atoms with Crippen LogP contribution < -0.4 is 10.2 Å². The van der Waals surface area contributed by atoms with Gasteiger partial charge in [0.2, 0.25) is 0 Å². The quantitative estimate of drug-likeness (QED) is 0.820. The largest absolute Gasteiger partial charge is 0.496 e. The molecule has 1 aromatic rings. The van der Waals surface area contributed by atoms with Crippen LogP contribution in [0.4, 0.5) is 4.79 Å². The van der Waals surface area contributed by atoms with Crippen LogP contribution in [0.5, 0.6) is 5.75 Å². The molecule has 16 heavy (non-hydrogen) atoms. The van der Waals surface area contributed by atoms with Gasteiger partial charge in [0.25, 0.3) is 0 Å². The van der Waals surface area contributed by atoms with E-state index in [1.165, 1.54) is 0 Å². The second-order valence-corrected chi connectivity index (χ2v) is 3.63. The van der Waals surface area contributed by atoms with E-state index in [0.717, 1.165) is 11.3 Å². The molecule has 0 aromatic heterocycles. The number of nitrogens with one attached hydrogen (secondary N) is 1. The smallest absolute Gasteiger partial charge is 0.422 e. The molecular formula is C11H14N2O3. The fraction of sp³-hybridized carbons (Fsp3) is 0.364. The Morgan fingerprint density at radius 2 is 2.25 bits per heavy atom. The molecule has 1 aliphatic heterocycles. The molecule has 1 atom stereocenters. The molecule has 0 bridgehead atoms. The fourth-order valence-electron chi connectivity index (χ4n) is 1.74. The number of hydrazine groups is 1. The highest BCUT2D eigenvalue weighted by Crippen LogP contribution is 2.29. The lowest BCUT2D eigenvalue weighted by Gasteiger charge is -2.30. The topological polar surface area (TPSA) is 50.8 Å². The van der Waals surface area contributed by atoms with Crippen molar-refractivity contribution in [2.75, 3.05) is 20.7 Å². The Kier molecular flexibility index (Phi) is 2.96. The molecule has 2 rings (SSSR count). The van der Waals surface area contributed by atoms with Gasteiger partial charge < -0.3 is 9.47 Å². The maximum absolute atomic E-state index is 11.2. The van der Waals surface area contributed by atoms with Gasteiger partial charge in [-0.05, 0) is 6.07 Å². The first kappa shape index (κ1) is 10.8. The molecule has 1 heterocycles. The van der Waals surface area contributed by atoms with Crippen LogP contribution in [0.25, 0.3) is 0 Å². The standard InChI is InChI=1S/C11H14N2O3/c1-13-7-10(16-11(14)12-13)8-5-3-4-6-9(8)15-2/h3-6,10H,7H2,1-2H3,(H,12,14). The predicted octanol–water partition coefficient (Wildman–Crippen LogP) is 1.32. The summed E-state index contributed by atoms with van der Waals surface area (Å²) in [6, 6.07) is 7.53. The predicted molar refractivity (Wildman–Crippen MR) is 58.0 cm³/mol. The Bertz CT molecular complexity index is 395. The van der Waals surface area contributed by atoms with Crippen LogP contribution in [-0.4, -0.2) is 31.8 Å². The first-order valence-corrected chi connectivity index (χ1v) is 5.02. The molecule has 5 nitrogen and oxygen atoms in total. The molecule has 0 radical (unpaired) electrons. The molecular weight excluding hydrogens is 208 g/mol. The third-order valence-electron chi connectivity index (χ3n) is 2.46. The highest BCUT2D eigenvalue weighted by Gasteiger charge is 2.27. The normalized spacial score (nSPS) is 21.1. The number of rotatable bonds is 2. The Morgan fingerprint density at radius 1 is 1.50 bits per heavy atom. The highest BCUT2D eigenvalue weighted by atomic mass is 16.6. The summed E-state index contributed by atoms with van der Waals surface area (Å²) >= 11 is 0. The second-order valence-electron chi connectivity index (χ2n) is 3.63. The van der Waals surface area contributed by atoms with E-state index in [1.807, 2.05) is 24.3 Å². The van der Waals surface area contributed by atoms with Crippen LogP contribution in [0.15, 0.2) is 24.3 Å². The molecule has 1 fully saturated rings. The minimum absolute atomic E-state index is 0.296.